The fourth-order valence-electron chi connectivity index (χ4n) is 3.59. The Bertz CT molecular complexity index is 1370. The van der Waals surface area contributed by atoms with Crippen molar-refractivity contribution in [3.05, 3.63) is 83.8 Å². The largest absolute Gasteiger partial charge is 0.469 e. The zero-order valence-electron chi connectivity index (χ0n) is 16.7. The highest BCUT2D eigenvalue weighted by molar-refractivity contribution is 7.55. The minimum atomic E-state index is -4.29. The Morgan fingerprint density at radius 1 is 1.00 bits per heavy atom. The maximum Gasteiger partial charge on any atom is 0.349 e. The van der Waals surface area contributed by atoms with Crippen molar-refractivity contribution in [2.45, 2.75) is 6.42 Å². The van der Waals surface area contributed by atoms with Gasteiger partial charge in [-0.05, 0) is 46.2 Å². The average molecular weight is 433 g/mol. The van der Waals surface area contributed by atoms with Crippen LogP contribution in [0.1, 0.15) is 11.3 Å². The summed E-state index contributed by atoms with van der Waals surface area (Å²) in [6, 6.07) is 21.3. The lowest BCUT2D eigenvalue weighted by atomic mass is 9.93. The quantitative estimate of drug-likeness (QED) is 0.343. The molecule has 156 valence electrons. The lowest BCUT2D eigenvalue weighted by Crippen LogP contribution is -2.05. The molecule has 6 nitrogen and oxygen atoms in total. The molecule has 0 saturated carbocycles. The first kappa shape index (κ1) is 20.9. The summed E-state index contributed by atoms with van der Waals surface area (Å²) >= 11 is 0. The molecule has 2 N–H and O–H groups in total. The van der Waals surface area contributed by atoms with Crippen LogP contribution in [0, 0.1) is 0 Å². The van der Waals surface area contributed by atoms with Crippen LogP contribution in [0.5, 0.6) is 0 Å². The molecule has 0 fully saturated rings. The van der Waals surface area contributed by atoms with Crippen molar-refractivity contribution >= 4 is 41.3 Å². The molecule has 0 aliphatic carbocycles. The molecule has 3 aromatic carbocycles. The van der Waals surface area contributed by atoms with E-state index in [1.165, 1.54) is 13.2 Å². The van der Waals surface area contributed by atoms with Crippen molar-refractivity contribution < 1.29 is 23.9 Å². The molecule has 0 amide bonds. The van der Waals surface area contributed by atoms with Crippen molar-refractivity contribution in [2.24, 2.45) is 0 Å². The highest BCUT2D eigenvalue weighted by Gasteiger charge is 2.14. The lowest BCUT2D eigenvalue weighted by Gasteiger charge is -2.13. The van der Waals surface area contributed by atoms with Gasteiger partial charge in [-0.1, -0.05) is 48.5 Å². The van der Waals surface area contributed by atoms with E-state index in [0.717, 1.165) is 38.7 Å². The summed E-state index contributed by atoms with van der Waals surface area (Å²) in [5.41, 5.74) is 3.69. The molecular weight excluding hydrogens is 413 g/mol. The summed E-state index contributed by atoms with van der Waals surface area (Å²) < 4.78 is 16.0. The Balaban J connectivity index is 1.97. The van der Waals surface area contributed by atoms with E-state index < -0.39 is 7.60 Å². The SMILES string of the molecule is COC(=O)Cc1cc(-c2cccc3ccccc23)c2nc(/C=C/P(=O)(O)O)ccc2c1. The molecule has 0 aliphatic heterocycles. The Hall–Kier alpha value is -3.31. The van der Waals surface area contributed by atoms with E-state index >= 15 is 0 Å². The number of ether oxygens (including phenoxy) is 1. The number of fused-ring (bicyclic) bond motifs is 2. The van der Waals surface area contributed by atoms with E-state index in [2.05, 4.69) is 4.98 Å². The third-order valence-electron chi connectivity index (χ3n) is 4.97. The summed E-state index contributed by atoms with van der Waals surface area (Å²) in [5, 5.41) is 2.93. The van der Waals surface area contributed by atoms with E-state index in [9.17, 15) is 9.36 Å². The molecule has 0 bridgehead atoms. The standard InChI is InChI=1S/C24H20NO5P/c1-30-23(26)15-16-13-18-9-10-19(11-12-31(27,28)29)25-24(18)22(14-16)21-8-4-6-17-5-2-3-7-20(17)21/h2-14H,15H2,1H3,(H2,27,28,29)/b12-11+. The molecule has 0 atom stereocenters. The molecule has 0 unspecified atom stereocenters. The van der Waals surface area contributed by atoms with Gasteiger partial charge in [0.25, 0.3) is 0 Å². The van der Waals surface area contributed by atoms with Gasteiger partial charge in [-0.25, -0.2) is 4.98 Å². The number of hydrogen-bond acceptors (Lipinski definition) is 4. The monoisotopic (exact) mass is 433 g/mol. The molecular formula is C24H20NO5P. The van der Waals surface area contributed by atoms with Crippen molar-refractivity contribution in [1.82, 2.24) is 4.98 Å². The van der Waals surface area contributed by atoms with Crippen LogP contribution in [-0.2, 0) is 20.5 Å². The molecule has 1 aromatic heterocycles. The van der Waals surface area contributed by atoms with E-state index in [0.29, 0.717) is 11.2 Å². The smallest absolute Gasteiger partial charge is 0.349 e. The first-order chi connectivity index (χ1) is 14.8. The summed E-state index contributed by atoms with van der Waals surface area (Å²) in [6.07, 6.45) is 1.44. The summed E-state index contributed by atoms with van der Waals surface area (Å²) in [4.78, 5) is 34.8. The van der Waals surface area contributed by atoms with Crippen LogP contribution in [0.25, 0.3) is 38.9 Å². The van der Waals surface area contributed by atoms with Gasteiger partial charge in [-0.3, -0.25) is 9.36 Å². The Morgan fingerprint density at radius 3 is 2.55 bits per heavy atom. The fourth-order valence-corrected chi connectivity index (χ4v) is 3.93. The van der Waals surface area contributed by atoms with E-state index in [1.807, 2.05) is 60.7 Å². The fraction of sp³-hybridized carbons (Fsp3) is 0.0833. The average Bonchev–Trinajstić information content (AvgIpc) is 2.76. The number of pyridine rings is 1. The van der Waals surface area contributed by atoms with Crippen molar-refractivity contribution in [3.63, 3.8) is 0 Å². The van der Waals surface area contributed by atoms with Gasteiger partial charge in [0, 0.05) is 16.8 Å². The normalized spacial score (nSPS) is 12.0. The number of methoxy groups -OCH3 is 1. The minimum absolute atomic E-state index is 0.129. The molecule has 7 heteroatoms. The number of nitrogens with zero attached hydrogens (tertiary/aromatic N) is 1. The summed E-state index contributed by atoms with van der Waals surface area (Å²) in [7, 11) is -2.94. The number of carbonyl (C=O) groups is 1. The van der Waals surface area contributed by atoms with Crippen LogP contribution >= 0.6 is 7.60 Å². The molecule has 0 radical (unpaired) electrons. The topological polar surface area (TPSA) is 96.7 Å². The molecule has 4 aromatic rings. The van der Waals surface area contributed by atoms with E-state index in [1.54, 1.807) is 6.07 Å². The van der Waals surface area contributed by atoms with Crippen molar-refractivity contribution in [2.75, 3.05) is 7.11 Å². The van der Waals surface area contributed by atoms with Gasteiger partial charge in [0.05, 0.1) is 24.7 Å². The number of rotatable bonds is 5. The predicted octanol–water partition coefficient (Wildman–Crippen LogP) is 4.92. The first-order valence-corrected chi connectivity index (χ1v) is 11.3. The third kappa shape index (κ3) is 4.72. The predicted molar refractivity (Wildman–Crippen MR) is 121 cm³/mol. The van der Waals surface area contributed by atoms with Crippen molar-refractivity contribution in [3.8, 4) is 11.1 Å². The van der Waals surface area contributed by atoms with Crippen molar-refractivity contribution in [1.29, 1.82) is 0 Å². The molecule has 0 aliphatic rings. The molecule has 1 heterocycles. The number of esters is 1. The van der Waals surface area contributed by atoms with Crippen LogP contribution in [-0.4, -0.2) is 27.8 Å². The number of aromatic nitrogens is 1. The van der Waals surface area contributed by atoms with Crippen LogP contribution in [0.2, 0.25) is 0 Å². The second kappa shape index (κ2) is 8.44. The van der Waals surface area contributed by atoms with Crippen LogP contribution < -0.4 is 0 Å². The summed E-state index contributed by atoms with van der Waals surface area (Å²) in [5.74, 6) is 0.502. The van der Waals surface area contributed by atoms with Gasteiger partial charge >= 0.3 is 13.6 Å². The molecule has 31 heavy (non-hydrogen) atoms. The maximum absolute atomic E-state index is 11.9. The zero-order valence-corrected chi connectivity index (χ0v) is 17.6. The highest BCUT2D eigenvalue weighted by atomic mass is 31.2. The Labute approximate surface area is 179 Å². The maximum atomic E-state index is 11.9. The zero-order chi connectivity index (χ0) is 22.0. The number of benzene rings is 3. The minimum Gasteiger partial charge on any atom is -0.469 e. The van der Waals surface area contributed by atoms with Gasteiger partial charge in [0.1, 0.15) is 0 Å². The van der Waals surface area contributed by atoms with Crippen LogP contribution in [0.4, 0.5) is 0 Å². The van der Waals surface area contributed by atoms with Crippen LogP contribution in [0.3, 0.4) is 0 Å². The second-order valence-electron chi connectivity index (χ2n) is 7.14. The summed E-state index contributed by atoms with van der Waals surface area (Å²) in [6.45, 7) is 0. The second-order valence-corrected chi connectivity index (χ2v) is 8.61. The molecule has 0 saturated heterocycles. The van der Waals surface area contributed by atoms with Crippen LogP contribution in [0.15, 0.2) is 72.5 Å². The molecule has 0 spiro atoms. The number of hydrogen-bond donors (Lipinski definition) is 2. The highest BCUT2D eigenvalue weighted by Crippen LogP contribution is 2.38. The van der Waals surface area contributed by atoms with E-state index in [4.69, 9.17) is 14.5 Å². The van der Waals surface area contributed by atoms with Gasteiger partial charge in [-0.2, -0.15) is 0 Å². The van der Waals surface area contributed by atoms with Gasteiger partial charge in [0.2, 0.25) is 0 Å². The van der Waals surface area contributed by atoms with Gasteiger partial charge in [0.15, 0.2) is 0 Å². The Kier molecular flexibility index (Phi) is 5.70. The van der Waals surface area contributed by atoms with E-state index in [-0.39, 0.29) is 12.4 Å². The first-order valence-electron chi connectivity index (χ1n) is 9.57. The third-order valence-corrected chi connectivity index (χ3v) is 5.51. The molecule has 4 rings (SSSR count). The van der Waals surface area contributed by atoms with Gasteiger partial charge in [-0.15, -0.1) is 0 Å². The van der Waals surface area contributed by atoms with Gasteiger partial charge < -0.3 is 14.5 Å². The lowest BCUT2D eigenvalue weighted by molar-refractivity contribution is -0.139. The Morgan fingerprint density at radius 2 is 1.77 bits per heavy atom. The number of carbonyl (C=O) groups excluding carboxylic acids is 1.